The van der Waals surface area contributed by atoms with E-state index in [0.717, 1.165) is 37.2 Å². The van der Waals surface area contributed by atoms with Gasteiger partial charge in [-0.2, -0.15) is 0 Å². The van der Waals surface area contributed by atoms with Crippen LogP contribution in [-0.4, -0.2) is 33.9 Å². The molecule has 21 heavy (non-hydrogen) atoms. The predicted octanol–water partition coefficient (Wildman–Crippen LogP) is 1.93. The van der Waals surface area contributed by atoms with Crippen LogP contribution in [0.2, 0.25) is 0 Å². The van der Waals surface area contributed by atoms with Gasteiger partial charge in [0.2, 0.25) is 0 Å². The second-order valence-corrected chi connectivity index (χ2v) is 5.69. The lowest BCUT2D eigenvalue weighted by molar-refractivity contribution is 0.0951. The van der Waals surface area contributed by atoms with Crippen molar-refractivity contribution < 1.29 is 4.79 Å². The van der Waals surface area contributed by atoms with Gasteiger partial charge in [0.1, 0.15) is 0 Å². The molecule has 1 saturated carbocycles. The molecule has 2 N–H and O–H groups in total. The minimum Gasteiger partial charge on any atom is -0.349 e. The second kappa shape index (κ2) is 6.10. The largest absolute Gasteiger partial charge is 0.349 e. The Morgan fingerprint density at radius 2 is 2.10 bits per heavy atom. The van der Waals surface area contributed by atoms with Crippen LogP contribution < -0.4 is 5.32 Å². The van der Waals surface area contributed by atoms with E-state index in [2.05, 4.69) is 27.2 Å². The highest BCUT2D eigenvalue weighted by Gasteiger charge is 2.23. The Hall–Kier alpha value is -2.14. The molecule has 0 unspecified atom stereocenters. The molecule has 1 aliphatic rings. The maximum atomic E-state index is 11.9. The number of nitrogens with one attached hydrogen (secondary N) is 2. The summed E-state index contributed by atoms with van der Waals surface area (Å²) in [4.78, 5) is 21.2. The smallest absolute Gasteiger partial charge is 0.251 e. The standard InChI is InChI=1S/C16H20N4O/c1-20(10-15-8-17-11-18-15)9-12-2-4-13(5-3-12)16(21)19-14-6-7-14/h2-5,8,11,14H,6-7,9-10H2,1H3,(H,17,18)(H,19,21). The zero-order valence-electron chi connectivity index (χ0n) is 12.2. The Labute approximate surface area is 124 Å². The molecule has 0 aliphatic heterocycles. The summed E-state index contributed by atoms with van der Waals surface area (Å²) in [5.74, 6) is 0.0369. The number of carbonyl (C=O) groups is 1. The van der Waals surface area contributed by atoms with Crippen LogP contribution in [0.15, 0.2) is 36.8 Å². The number of aromatic nitrogens is 2. The lowest BCUT2D eigenvalue weighted by atomic mass is 10.1. The monoisotopic (exact) mass is 284 g/mol. The maximum Gasteiger partial charge on any atom is 0.251 e. The van der Waals surface area contributed by atoms with E-state index < -0.39 is 0 Å². The number of carbonyl (C=O) groups excluding carboxylic acids is 1. The highest BCUT2D eigenvalue weighted by molar-refractivity contribution is 5.94. The molecule has 1 aromatic heterocycles. The number of amides is 1. The summed E-state index contributed by atoms with van der Waals surface area (Å²) in [5.41, 5.74) is 3.03. The molecule has 0 bridgehead atoms. The van der Waals surface area contributed by atoms with Crippen molar-refractivity contribution >= 4 is 5.91 Å². The number of H-pyrrole nitrogens is 1. The molecule has 0 spiro atoms. The molecule has 5 nitrogen and oxygen atoms in total. The van der Waals surface area contributed by atoms with Crippen molar-refractivity contribution in [2.24, 2.45) is 0 Å². The van der Waals surface area contributed by atoms with Crippen LogP contribution in [-0.2, 0) is 13.1 Å². The predicted molar refractivity (Wildman–Crippen MR) is 80.7 cm³/mol. The van der Waals surface area contributed by atoms with Crippen LogP contribution in [0.5, 0.6) is 0 Å². The fourth-order valence-electron chi connectivity index (χ4n) is 2.29. The molecule has 5 heteroatoms. The van der Waals surface area contributed by atoms with Gasteiger partial charge in [-0.1, -0.05) is 12.1 Å². The van der Waals surface area contributed by atoms with Gasteiger partial charge in [-0.3, -0.25) is 9.69 Å². The molecule has 1 heterocycles. The van der Waals surface area contributed by atoms with E-state index in [1.807, 2.05) is 30.5 Å². The van der Waals surface area contributed by atoms with Gasteiger partial charge >= 0.3 is 0 Å². The van der Waals surface area contributed by atoms with Crippen LogP contribution in [0.25, 0.3) is 0 Å². The average molecular weight is 284 g/mol. The zero-order valence-corrected chi connectivity index (χ0v) is 12.2. The average Bonchev–Trinajstić information content (AvgIpc) is 3.13. The van der Waals surface area contributed by atoms with E-state index in [0.29, 0.717) is 6.04 Å². The quantitative estimate of drug-likeness (QED) is 0.852. The molecule has 2 aromatic rings. The summed E-state index contributed by atoms with van der Waals surface area (Å²) in [6, 6.07) is 8.24. The molecule has 0 radical (unpaired) electrons. The fraction of sp³-hybridized carbons (Fsp3) is 0.375. The van der Waals surface area contributed by atoms with Gasteiger partial charge in [-0.05, 0) is 37.6 Å². The molecule has 1 fully saturated rings. The van der Waals surface area contributed by atoms with Crippen LogP contribution in [0, 0.1) is 0 Å². The van der Waals surface area contributed by atoms with E-state index >= 15 is 0 Å². The number of hydrogen-bond acceptors (Lipinski definition) is 3. The Balaban J connectivity index is 1.54. The molecular weight excluding hydrogens is 264 g/mol. The van der Waals surface area contributed by atoms with Crippen molar-refractivity contribution in [3.05, 3.63) is 53.6 Å². The number of benzene rings is 1. The first-order valence-corrected chi connectivity index (χ1v) is 7.26. The lowest BCUT2D eigenvalue weighted by Crippen LogP contribution is -2.25. The molecule has 0 atom stereocenters. The Bertz CT molecular complexity index is 587. The Morgan fingerprint density at radius 1 is 1.33 bits per heavy atom. The number of hydrogen-bond donors (Lipinski definition) is 2. The second-order valence-electron chi connectivity index (χ2n) is 5.69. The number of nitrogens with zero attached hydrogens (tertiary/aromatic N) is 2. The third-order valence-electron chi connectivity index (χ3n) is 3.58. The first-order valence-electron chi connectivity index (χ1n) is 7.26. The lowest BCUT2D eigenvalue weighted by Gasteiger charge is -2.15. The van der Waals surface area contributed by atoms with Gasteiger partial charge < -0.3 is 10.3 Å². The van der Waals surface area contributed by atoms with E-state index in [9.17, 15) is 4.79 Å². The minimum absolute atomic E-state index is 0.0369. The highest BCUT2D eigenvalue weighted by atomic mass is 16.1. The Kier molecular flexibility index (Phi) is 4.01. The van der Waals surface area contributed by atoms with Crippen LogP contribution in [0.1, 0.15) is 34.5 Å². The zero-order chi connectivity index (χ0) is 14.7. The number of imidazole rings is 1. The van der Waals surface area contributed by atoms with Crippen molar-refractivity contribution in [1.82, 2.24) is 20.2 Å². The summed E-state index contributed by atoms with van der Waals surface area (Å²) >= 11 is 0. The first kappa shape index (κ1) is 13.8. The highest BCUT2D eigenvalue weighted by Crippen LogP contribution is 2.19. The first-order chi connectivity index (χ1) is 10.2. The third kappa shape index (κ3) is 3.92. The van der Waals surface area contributed by atoms with Gasteiger partial charge in [0.15, 0.2) is 0 Å². The fourth-order valence-corrected chi connectivity index (χ4v) is 2.29. The van der Waals surface area contributed by atoms with Gasteiger partial charge in [0.05, 0.1) is 6.33 Å². The van der Waals surface area contributed by atoms with Crippen molar-refractivity contribution in [3.63, 3.8) is 0 Å². The summed E-state index contributed by atoms with van der Waals surface area (Å²) in [7, 11) is 2.06. The number of aromatic amines is 1. The molecule has 110 valence electrons. The SMILES string of the molecule is CN(Cc1ccc(C(=O)NC2CC2)cc1)Cc1cnc[nH]1. The van der Waals surface area contributed by atoms with Gasteiger partial charge in [-0.15, -0.1) is 0 Å². The van der Waals surface area contributed by atoms with E-state index in [1.165, 1.54) is 5.56 Å². The van der Waals surface area contributed by atoms with Crippen molar-refractivity contribution in [3.8, 4) is 0 Å². The molecule has 0 saturated heterocycles. The van der Waals surface area contributed by atoms with E-state index in [-0.39, 0.29) is 5.91 Å². The molecule has 3 rings (SSSR count). The maximum absolute atomic E-state index is 11.9. The van der Waals surface area contributed by atoms with Crippen LogP contribution >= 0.6 is 0 Å². The molecule has 1 amide bonds. The summed E-state index contributed by atoms with van der Waals surface area (Å²) < 4.78 is 0. The third-order valence-corrected chi connectivity index (χ3v) is 3.58. The van der Waals surface area contributed by atoms with Crippen molar-refractivity contribution in [2.45, 2.75) is 32.0 Å². The van der Waals surface area contributed by atoms with Crippen LogP contribution in [0.3, 0.4) is 0 Å². The van der Waals surface area contributed by atoms with Crippen LogP contribution in [0.4, 0.5) is 0 Å². The minimum atomic E-state index is 0.0369. The van der Waals surface area contributed by atoms with E-state index in [1.54, 1.807) is 6.33 Å². The molecule has 1 aromatic carbocycles. The summed E-state index contributed by atoms with van der Waals surface area (Å²) in [5, 5.41) is 3.00. The molecular formula is C16H20N4O. The summed E-state index contributed by atoms with van der Waals surface area (Å²) in [6.07, 6.45) is 5.75. The molecule has 1 aliphatic carbocycles. The van der Waals surface area contributed by atoms with Gasteiger partial charge in [0.25, 0.3) is 5.91 Å². The number of rotatable bonds is 6. The van der Waals surface area contributed by atoms with Crippen molar-refractivity contribution in [2.75, 3.05) is 7.05 Å². The van der Waals surface area contributed by atoms with Gasteiger partial charge in [-0.25, -0.2) is 4.98 Å². The summed E-state index contributed by atoms with van der Waals surface area (Å²) in [6.45, 7) is 1.66. The van der Waals surface area contributed by atoms with Gasteiger partial charge in [0, 0.05) is 36.6 Å². The topological polar surface area (TPSA) is 61.0 Å². The van der Waals surface area contributed by atoms with Crippen molar-refractivity contribution in [1.29, 1.82) is 0 Å². The van der Waals surface area contributed by atoms with E-state index in [4.69, 9.17) is 0 Å². The normalized spacial score (nSPS) is 14.4. The Morgan fingerprint density at radius 3 is 2.71 bits per heavy atom.